The molecule has 0 bridgehead atoms. The van der Waals surface area contributed by atoms with Crippen LogP contribution >= 0.6 is 12.2 Å². The van der Waals surface area contributed by atoms with Crippen LogP contribution < -0.4 is 9.47 Å². The number of rotatable bonds is 5. The summed E-state index contributed by atoms with van der Waals surface area (Å²) >= 11 is 5.19. The molecule has 3 rings (SSSR count). The number of benzene rings is 2. The Balaban J connectivity index is 2.02. The third-order valence-corrected chi connectivity index (χ3v) is 3.78. The third-order valence-electron chi connectivity index (χ3n) is 3.52. The van der Waals surface area contributed by atoms with Crippen LogP contribution in [0, 0.1) is 10.6 Å². The van der Waals surface area contributed by atoms with Gasteiger partial charge in [-0.05, 0) is 36.5 Å². The van der Waals surface area contributed by atoms with Crippen molar-refractivity contribution < 1.29 is 13.9 Å². The highest BCUT2D eigenvalue weighted by Crippen LogP contribution is 2.24. The zero-order valence-electron chi connectivity index (χ0n) is 13.6. The first-order chi connectivity index (χ1) is 12.1. The van der Waals surface area contributed by atoms with Crippen LogP contribution in [0.1, 0.15) is 5.56 Å². The Morgan fingerprint density at radius 2 is 2.00 bits per heavy atom. The van der Waals surface area contributed by atoms with Gasteiger partial charge in [-0.2, -0.15) is 14.9 Å². The molecule has 0 amide bonds. The molecular weight excluding hydrogens is 343 g/mol. The lowest BCUT2D eigenvalue weighted by molar-refractivity contribution is 0.394. The van der Waals surface area contributed by atoms with Gasteiger partial charge in [0, 0.05) is 11.6 Å². The molecule has 0 fully saturated rings. The van der Waals surface area contributed by atoms with E-state index in [2.05, 4.69) is 15.3 Å². The van der Waals surface area contributed by atoms with E-state index in [9.17, 15) is 4.39 Å². The van der Waals surface area contributed by atoms with E-state index in [-0.39, 0.29) is 10.6 Å². The van der Waals surface area contributed by atoms with E-state index >= 15 is 0 Å². The van der Waals surface area contributed by atoms with Crippen molar-refractivity contribution in [2.24, 2.45) is 5.10 Å². The van der Waals surface area contributed by atoms with Gasteiger partial charge in [0.1, 0.15) is 17.3 Å². The largest absolute Gasteiger partial charge is 0.497 e. The van der Waals surface area contributed by atoms with Crippen LogP contribution in [-0.4, -0.2) is 35.3 Å². The number of halogens is 1. The first-order valence-corrected chi connectivity index (χ1v) is 7.73. The van der Waals surface area contributed by atoms with Crippen molar-refractivity contribution >= 4 is 18.4 Å². The highest BCUT2D eigenvalue weighted by Gasteiger charge is 2.12. The van der Waals surface area contributed by atoms with Crippen molar-refractivity contribution in [1.29, 1.82) is 0 Å². The van der Waals surface area contributed by atoms with Crippen LogP contribution in [0.15, 0.2) is 47.6 Å². The zero-order valence-corrected chi connectivity index (χ0v) is 14.4. The molecule has 0 spiro atoms. The summed E-state index contributed by atoms with van der Waals surface area (Å²) in [5.41, 5.74) is 1.01. The fraction of sp³-hybridized carbons (Fsp3) is 0.118. The summed E-state index contributed by atoms with van der Waals surface area (Å²) in [4.78, 5) is 0. The molecule has 0 aliphatic rings. The van der Waals surface area contributed by atoms with Crippen molar-refractivity contribution in [2.45, 2.75) is 0 Å². The van der Waals surface area contributed by atoms with Gasteiger partial charge in [0.15, 0.2) is 5.82 Å². The monoisotopic (exact) mass is 358 g/mol. The van der Waals surface area contributed by atoms with E-state index in [0.717, 1.165) is 0 Å². The molecule has 6 nitrogen and oxygen atoms in total. The fourth-order valence-electron chi connectivity index (χ4n) is 2.26. The van der Waals surface area contributed by atoms with Crippen LogP contribution in [0.25, 0.3) is 11.4 Å². The first kappa shape index (κ1) is 16.8. The van der Waals surface area contributed by atoms with Gasteiger partial charge >= 0.3 is 0 Å². The van der Waals surface area contributed by atoms with Crippen LogP contribution in [-0.2, 0) is 0 Å². The van der Waals surface area contributed by atoms with Crippen molar-refractivity contribution in [1.82, 2.24) is 14.9 Å². The Morgan fingerprint density at radius 3 is 2.72 bits per heavy atom. The van der Waals surface area contributed by atoms with E-state index in [1.54, 1.807) is 56.8 Å². The number of methoxy groups -OCH3 is 2. The summed E-state index contributed by atoms with van der Waals surface area (Å²) in [6.45, 7) is 0. The Morgan fingerprint density at radius 1 is 1.20 bits per heavy atom. The smallest absolute Gasteiger partial charge is 0.216 e. The highest BCUT2D eigenvalue weighted by atomic mass is 32.1. The van der Waals surface area contributed by atoms with Gasteiger partial charge in [0.2, 0.25) is 4.77 Å². The second-order valence-corrected chi connectivity index (χ2v) is 5.38. The quantitative estimate of drug-likeness (QED) is 0.559. The van der Waals surface area contributed by atoms with Crippen LogP contribution in [0.4, 0.5) is 4.39 Å². The van der Waals surface area contributed by atoms with Crippen molar-refractivity contribution in [3.63, 3.8) is 0 Å². The Bertz CT molecular complexity index is 981. The molecule has 1 heterocycles. The normalized spacial score (nSPS) is 11.0. The molecule has 3 aromatic rings. The van der Waals surface area contributed by atoms with Crippen molar-refractivity contribution in [3.8, 4) is 22.9 Å². The van der Waals surface area contributed by atoms with E-state index < -0.39 is 5.82 Å². The summed E-state index contributed by atoms with van der Waals surface area (Å²) in [5, 5.41) is 11.0. The van der Waals surface area contributed by atoms with Gasteiger partial charge in [0.25, 0.3) is 0 Å². The predicted octanol–water partition coefficient (Wildman–Crippen LogP) is 3.65. The lowest BCUT2D eigenvalue weighted by Gasteiger charge is -2.07. The standard InChI is InChI=1S/C17H15FN4O2S/c1-23-12-8-7-11(15(9-12)24-2)10-19-22-16(20-21-17(22)25)13-5-3-4-6-14(13)18/h3-10H,1-2H3,(H,21,25)/b19-10+. The van der Waals surface area contributed by atoms with Gasteiger partial charge in [-0.15, -0.1) is 0 Å². The molecular formula is C17H15FN4O2S. The van der Waals surface area contributed by atoms with E-state index in [4.69, 9.17) is 21.7 Å². The summed E-state index contributed by atoms with van der Waals surface area (Å²) in [6.07, 6.45) is 1.56. The molecule has 2 aromatic carbocycles. The van der Waals surface area contributed by atoms with Crippen LogP contribution in [0.2, 0.25) is 0 Å². The van der Waals surface area contributed by atoms with Crippen LogP contribution in [0.3, 0.4) is 0 Å². The molecule has 0 aliphatic carbocycles. The van der Waals surface area contributed by atoms with Gasteiger partial charge in [-0.1, -0.05) is 12.1 Å². The molecule has 0 saturated heterocycles. The number of nitrogens with zero attached hydrogens (tertiary/aromatic N) is 3. The second-order valence-electron chi connectivity index (χ2n) is 5.00. The molecule has 0 radical (unpaired) electrons. The molecule has 1 aromatic heterocycles. The number of aromatic amines is 1. The topological polar surface area (TPSA) is 64.4 Å². The molecule has 1 N–H and O–H groups in total. The molecule has 25 heavy (non-hydrogen) atoms. The number of H-pyrrole nitrogens is 1. The maximum Gasteiger partial charge on any atom is 0.216 e. The zero-order chi connectivity index (χ0) is 17.8. The summed E-state index contributed by atoms with van der Waals surface area (Å²) in [5.74, 6) is 1.13. The summed E-state index contributed by atoms with van der Waals surface area (Å²) in [7, 11) is 3.13. The Kier molecular flexibility index (Phi) is 4.90. The first-order valence-electron chi connectivity index (χ1n) is 7.32. The van der Waals surface area contributed by atoms with Gasteiger partial charge in [-0.25, -0.2) is 9.49 Å². The number of ether oxygens (including phenoxy) is 2. The molecule has 0 atom stereocenters. The highest BCUT2D eigenvalue weighted by molar-refractivity contribution is 7.71. The average molecular weight is 358 g/mol. The lowest BCUT2D eigenvalue weighted by atomic mass is 10.2. The fourth-order valence-corrected chi connectivity index (χ4v) is 2.44. The lowest BCUT2D eigenvalue weighted by Crippen LogP contribution is -1.98. The predicted molar refractivity (Wildman–Crippen MR) is 95.3 cm³/mol. The van der Waals surface area contributed by atoms with Crippen molar-refractivity contribution in [2.75, 3.05) is 14.2 Å². The van der Waals surface area contributed by atoms with Gasteiger partial charge < -0.3 is 9.47 Å². The SMILES string of the molecule is COc1ccc(/C=N/n2c(-c3ccccc3F)n[nH]c2=S)c(OC)c1. The maximum atomic E-state index is 14.0. The van der Waals surface area contributed by atoms with E-state index in [0.29, 0.717) is 22.6 Å². The Labute approximate surface area is 148 Å². The van der Waals surface area contributed by atoms with E-state index in [1.165, 1.54) is 10.7 Å². The molecule has 0 unspecified atom stereocenters. The second kappa shape index (κ2) is 7.27. The third kappa shape index (κ3) is 3.43. The molecule has 128 valence electrons. The van der Waals surface area contributed by atoms with E-state index in [1.807, 2.05) is 0 Å². The van der Waals surface area contributed by atoms with Gasteiger partial charge in [-0.3, -0.25) is 0 Å². The maximum absolute atomic E-state index is 14.0. The minimum atomic E-state index is -0.407. The molecule has 0 saturated carbocycles. The molecule has 0 aliphatic heterocycles. The van der Waals surface area contributed by atoms with Gasteiger partial charge in [0.05, 0.1) is 26.0 Å². The number of aromatic nitrogens is 3. The van der Waals surface area contributed by atoms with Crippen molar-refractivity contribution in [3.05, 3.63) is 58.6 Å². The average Bonchev–Trinajstić information content (AvgIpc) is 3.00. The molecule has 8 heteroatoms. The minimum Gasteiger partial charge on any atom is -0.497 e. The van der Waals surface area contributed by atoms with Crippen LogP contribution in [0.5, 0.6) is 11.5 Å². The number of hydrogen-bond acceptors (Lipinski definition) is 5. The number of nitrogens with one attached hydrogen (secondary N) is 1. The minimum absolute atomic E-state index is 0.252. The summed E-state index contributed by atoms with van der Waals surface area (Å²) < 4.78 is 26.2. The number of hydrogen-bond donors (Lipinski definition) is 1. The summed E-state index contributed by atoms with van der Waals surface area (Å²) in [6, 6.07) is 11.6. The Hall–Kier alpha value is -3.00.